The number of ketones is 3. The standard InChI is InChI=1S/C21H17NO10/c1-6(23)32-17-8-5-10(25)12(20(22)30)18(28)21(8,31)19(29)14-13(17)15(26)7-3-2-4-9(24)11(7)16(14)27/h2-4,8,12,17,24,26-27,31H,5H2,1H3,(H2,22,30)/t8-,12?,17-,21-/m1/s1. The number of esters is 1. The van der Waals surface area contributed by atoms with E-state index < -0.39 is 87.6 Å². The number of rotatable bonds is 2. The Balaban J connectivity index is 2.11. The van der Waals surface area contributed by atoms with Gasteiger partial charge in [0.25, 0.3) is 0 Å². The summed E-state index contributed by atoms with van der Waals surface area (Å²) in [6.45, 7) is 0.984. The summed E-state index contributed by atoms with van der Waals surface area (Å²) in [5, 5.41) is 42.7. The molecule has 1 amide bonds. The van der Waals surface area contributed by atoms with Gasteiger partial charge in [-0.1, -0.05) is 12.1 Å². The van der Waals surface area contributed by atoms with Crippen molar-refractivity contribution in [1.29, 1.82) is 0 Å². The molecule has 0 aromatic heterocycles. The third kappa shape index (κ3) is 2.54. The number of fused-ring (bicyclic) bond motifs is 3. The van der Waals surface area contributed by atoms with Gasteiger partial charge in [0.1, 0.15) is 23.4 Å². The first-order valence-corrected chi connectivity index (χ1v) is 9.43. The van der Waals surface area contributed by atoms with E-state index in [4.69, 9.17) is 10.5 Å². The van der Waals surface area contributed by atoms with Crippen molar-refractivity contribution in [2.45, 2.75) is 25.0 Å². The lowest BCUT2D eigenvalue weighted by molar-refractivity contribution is -0.172. The predicted molar refractivity (Wildman–Crippen MR) is 104 cm³/mol. The van der Waals surface area contributed by atoms with Crippen molar-refractivity contribution in [3.8, 4) is 17.2 Å². The van der Waals surface area contributed by atoms with Gasteiger partial charge < -0.3 is 30.9 Å². The first-order valence-electron chi connectivity index (χ1n) is 9.43. The molecule has 11 nitrogen and oxygen atoms in total. The molecule has 0 saturated heterocycles. The number of phenols is 3. The van der Waals surface area contributed by atoms with Crippen LogP contribution in [0, 0.1) is 11.8 Å². The van der Waals surface area contributed by atoms with Gasteiger partial charge in [-0.05, 0) is 6.07 Å². The van der Waals surface area contributed by atoms with Crippen LogP contribution in [0.15, 0.2) is 18.2 Å². The lowest BCUT2D eigenvalue weighted by Crippen LogP contribution is -2.65. The average Bonchev–Trinajstić information content (AvgIpc) is 2.70. The second kappa shape index (κ2) is 6.76. The van der Waals surface area contributed by atoms with Crippen LogP contribution in [0.5, 0.6) is 17.2 Å². The van der Waals surface area contributed by atoms with E-state index >= 15 is 0 Å². The zero-order valence-electron chi connectivity index (χ0n) is 16.5. The van der Waals surface area contributed by atoms with Crippen molar-refractivity contribution >= 4 is 40.0 Å². The fraction of sp³-hybridized carbons (Fsp3) is 0.286. The lowest BCUT2D eigenvalue weighted by atomic mass is 9.59. The van der Waals surface area contributed by atoms with Crippen LogP contribution in [0.2, 0.25) is 0 Å². The maximum Gasteiger partial charge on any atom is 0.303 e. The highest BCUT2D eigenvalue weighted by Gasteiger charge is 2.66. The van der Waals surface area contributed by atoms with E-state index in [1.165, 1.54) is 12.1 Å². The van der Waals surface area contributed by atoms with Gasteiger partial charge in [-0.25, -0.2) is 0 Å². The molecule has 4 rings (SSSR count). The van der Waals surface area contributed by atoms with Crippen molar-refractivity contribution in [1.82, 2.24) is 0 Å². The van der Waals surface area contributed by atoms with E-state index in [9.17, 15) is 44.4 Å². The van der Waals surface area contributed by atoms with Gasteiger partial charge in [0, 0.05) is 18.7 Å². The molecule has 32 heavy (non-hydrogen) atoms. The molecule has 4 atom stereocenters. The van der Waals surface area contributed by atoms with Crippen LogP contribution in [0.1, 0.15) is 35.4 Å². The fourth-order valence-electron chi connectivity index (χ4n) is 4.65. The molecule has 0 spiro atoms. The maximum absolute atomic E-state index is 13.4. The highest BCUT2D eigenvalue weighted by Crippen LogP contribution is 2.56. The Hall–Kier alpha value is -3.99. The van der Waals surface area contributed by atoms with Gasteiger partial charge in [0.2, 0.25) is 11.7 Å². The highest BCUT2D eigenvalue weighted by molar-refractivity contribution is 6.32. The Labute approximate surface area is 179 Å². The molecule has 0 bridgehead atoms. The molecule has 1 unspecified atom stereocenters. The molecule has 11 heteroatoms. The summed E-state index contributed by atoms with van der Waals surface area (Å²) in [4.78, 5) is 62.4. The molecule has 2 aromatic rings. The maximum atomic E-state index is 13.4. The van der Waals surface area contributed by atoms with Crippen LogP contribution >= 0.6 is 0 Å². The number of carbonyl (C=O) groups is 5. The van der Waals surface area contributed by atoms with Gasteiger partial charge >= 0.3 is 5.97 Å². The number of phenolic OH excluding ortho intramolecular Hbond substituents is 3. The molecule has 6 N–H and O–H groups in total. The number of ether oxygens (including phenoxy) is 1. The van der Waals surface area contributed by atoms with Crippen LogP contribution in [0.25, 0.3) is 10.8 Å². The van der Waals surface area contributed by atoms with E-state index in [1.54, 1.807) is 0 Å². The second-order valence-electron chi connectivity index (χ2n) is 7.79. The van der Waals surface area contributed by atoms with Crippen LogP contribution in [-0.2, 0) is 23.9 Å². The van der Waals surface area contributed by atoms with E-state index in [1.807, 2.05) is 0 Å². The van der Waals surface area contributed by atoms with Crippen LogP contribution < -0.4 is 5.73 Å². The third-order valence-electron chi connectivity index (χ3n) is 6.01. The summed E-state index contributed by atoms with van der Waals surface area (Å²) < 4.78 is 5.20. The molecule has 2 aliphatic carbocycles. The number of aliphatic hydroxyl groups is 1. The van der Waals surface area contributed by atoms with Crippen LogP contribution in [0.3, 0.4) is 0 Å². The Morgan fingerprint density at radius 2 is 1.78 bits per heavy atom. The highest BCUT2D eigenvalue weighted by atomic mass is 16.5. The largest absolute Gasteiger partial charge is 0.507 e. The van der Waals surface area contributed by atoms with E-state index in [0.717, 1.165) is 13.0 Å². The van der Waals surface area contributed by atoms with Gasteiger partial charge in [0.15, 0.2) is 23.1 Å². The Morgan fingerprint density at radius 3 is 2.38 bits per heavy atom. The van der Waals surface area contributed by atoms with Crippen molar-refractivity contribution < 1.29 is 49.1 Å². The summed E-state index contributed by atoms with van der Waals surface area (Å²) in [6, 6.07) is 3.81. The lowest BCUT2D eigenvalue weighted by Gasteiger charge is -2.46. The summed E-state index contributed by atoms with van der Waals surface area (Å²) in [5.74, 6) is -12.1. The third-order valence-corrected chi connectivity index (χ3v) is 6.01. The number of nitrogens with two attached hydrogens (primary N) is 1. The molecule has 166 valence electrons. The quantitative estimate of drug-likeness (QED) is 0.234. The molecule has 2 aliphatic rings. The average molecular weight is 443 g/mol. The number of primary amides is 1. The number of hydrogen-bond acceptors (Lipinski definition) is 10. The number of aromatic hydroxyl groups is 3. The van der Waals surface area contributed by atoms with E-state index in [0.29, 0.717) is 0 Å². The molecular weight excluding hydrogens is 426 g/mol. The van der Waals surface area contributed by atoms with Crippen LogP contribution in [0.4, 0.5) is 0 Å². The number of hydrogen-bond donors (Lipinski definition) is 5. The zero-order chi connectivity index (χ0) is 23.7. The molecule has 1 fully saturated rings. The predicted octanol–water partition coefficient (Wildman–Crippen LogP) is -0.252. The summed E-state index contributed by atoms with van der Waals surface area (Å²) in [7, 11) is 0. The molecule has 0 aliphatic heterocycles. The smallest absolute Gasteiger partial charge is 0.303 e. The Morgan fingerprint density at radius 1 is 1.12 bits per heavy atom. The summed E-state index contributed by atoms with van der Waals surface area (Å²) in [6.07, 6.45) is -2.47. The number of benzene rings is 2. The monoisotopic (exact) mass is 443 g/mol. The fourth-order valence-corrected chi connectivity index (χ4v) is 4.65. The van der Waals surface area contributed by atoms with Crippen molar-refractivity contribution in [2.75, 3.05) is 0 Å². The van der Waals surface area contributed by atoms with Crippen molar-refractivity contribution in [3.63, 3.8) is 0 Å². The van der Waals surface area contributed by atoms with Gasteiger partial charge in [-0.3, -0.25) is 24.0 Å². The molecule has 0 heterocycles. The first-order chi connectivity index (χ1) is 14.9. The molecule has 1 saturated carbocycles. The first kappa shape index (κ1) is 21.2. The SMILES string of the molecule is CC(=O)O[C@H]1c2c(c(O)c3c(O)cccc3c2O)C(=O)[C@]2(O)C(=O)C(C(N)=O)C(=O)C[C@H]12. The number of Topliss-reactive ketones (excluding diaryl/α,β-unsaturated/α-hetero) is 3. The van der Waals surface area contributed by atoms with Crippen LogP contribution in [-0.4, -0.2) is 55.3 Å². The van der Waals surface area contributed by atoms with Gasteiger partial charge in [-0.2, -0.15) is 0 Å². The summed E-state index contributed by atoms with van der Waals surface area (Å²) in [5.41, 5.74) is 0.834. The van der Waals surface area contributed by atoms with E-state index in [-0.39, 0.29) is 10.8 Å². The summed E-state index contributed by atoms with van der Waals surface area (Å²) >= 11 is 0. The second-order valence-corrected chi connectivity index (χ2v) is 7.79. The number of carbonyl (C=O) groups excluding carboxylic acids is 5. The minimum Gasteiger partial charge on any atom is -0.507 e. The molecular formula is C21H17NO10. The van der Waals surface area contributed by atoms with Crippen molar-refractivity contribution in [2.24, 2.45) is 17.6 Å². The Kier molecular flexibility index (Phi) is 4.49. The molecule has 0 radical (unpaired) electrons. The van der Waals surface area contributed by atoms with E-state index in [2.05, 4.69) is 0 Å². The van der Waals surface area contributed by atoms with Gasteiger partial charge in [-0.15, -0.1) is 0 Å². The normalized spacial score (nSPS) is 27.1. The number of amides is 1. The minimum absolute atomic E-state index is 0.111. The topological polar surface area (TPSA) is 202 Å². The molecule has 2 aromatic carbocycles. The van der Waals surface area contributed by atoms with Crippen molar-refractivity contribution in [3.05, 3.63) is 29.3 Å². The van der Waals surface area contributed by atoms with Gasteiger partial charge in [0.05, 0.1) is 22.4 Å². The zero-order valence-corrected chi connectivity index (χ0v) is 16.5. The minimum atomic E-state index is -3.07. The Bertz CT molecular complexity index is 1270.